The van der Waals surface area contributed by atoms with Crippen LogP contribution in [0.15, 0.2) is 0 Å². The summed E-state index contributed by atoms with van der Waals surface area (Å²) in [5.74, 6) is -0.206. The summed E-state index contributed by atoms with van der Waals surface area (Å²) in [5, 5.41) is 0.961. The fraction of sp³-hybridized carbons (Fsp3) is 0.750. The molecule has 0 aliphatic carbocycles. The predicted octanol–water partition coefficient (Wildman–Crippen LogP) is -0.161. The van der Waals surface area contributed by atoms with Crippen LogP contribution in [0, 0.1) is 0 Å². The van der Waals surface area contributed by atoms with Gasteiger partial charge in [-0.25, -0.2) is 0 Å². The summed E-state index contributed by atoms with van der Waals surface area (Å²) in [6.45, 7) is 0. The molecule has 0 radical (unpaired) electrons. The first kappa shape index (κ1) is 7.00. The molecule has 1 amide bonds. The van der Waals surface area contributed by atoms with Crippen molar-refractivity contribution >= 4 is 22.2 Å². The summed E-state index contributed by atoms with van der Waals surface area (Å²) < 4.78 is 0. The molecule has 0 spiro atoms. The van der Waals surface area contributed by atoms with Crippen LogP contribution in [-0.2, 0) is 4.79 Å². The van der Waals surface area contributed by atoms with Gasteiger partial charge in [-0.1, -0.05) is 0 Å². The van der Waals surface area contributed by atoms with Crippen LogP contribution >= 0.6 is 0 Å². The molecule has 0 rings (SSSR count). The zero-order valence-electron chi connectivity index (χ0n) is 4.18. The second kappa shape index (κ2) is 4.17. The Hall–Kier alpha value is 0.00247. The van der Waals surface area contributed by atoms with Crippen molar-refractivity contribution < 1.29 is 4.79 Å². The van der Waals surface area contributed by atoms with Crippen LogP contribution in [0.4, 0.5) is 0 Å². The molecule has 0 fully saturated rings. The second-order valence-corrected chi connectivity index (χ2v) is 1.94. The predicted molar refractivity (Wildman–Crippen MR) is 29.0 cm³/mol. The van der Waals surface area contributed by atoms with Gasteiger partial charge in [-0.3, -0.25) is 0 Å². The Morgan fingerprint density at radius 1 is 1.71 bits per heavy atom. The standard InChI is InChI=1S/C4H8NO.Al/c1-2-3-4(5)6;/h1-3H2,(H2,5,6);/q;+2. The average Bonchev–Trinajstić information content (AvgIpc) is 1.61. The molecule has 0 unspecified atom stereocenters. The number of carbonyl (C=O) groups excluding carboxylic acids is 1. The van der Waals surface area contributed by atoms with Crippen molar-refractivity contribution in [1.29, 1.82) is 0 Å². The molecule has 0 heterocycles. The second-order valence-electron chi connectivity index (χ2n) is 1.36. The normalized spacial score (nSPS) is 8.86. The topological polar surface area (TPSA) is 43.1 Å². The van der Waals surface area contributed by atoms with Gasteiger partial charge in [-0.15, -0.1) is 0 Å². The molecule has 36 valence electrons. The first-order valence-corrected chi connectivity index (χ1v) is 3.07. The number of hydrogen-bond donors (Lipinski definition) is 1. The van der Waals surface area contributed by atoms with Crippen molar-refractivity contribution in [2.45, 2.75) is 18.1 Å². The van der Waals surface area contributed by atoms with E-state index in [1.165, 1.54) is 0 Å². The third kappa shape index (κ3) is 6.00. The van der Waals surface area contributed by atoms with Crippen molar-refractivity contribution in [2.24, 2.45) is 5.73 Å². The van der Waals surface area contributed by atoms with Crippen molar-refractivity contribution in [3.05, 3.63) is 0 Å². The summed E-state index contributed by atoms with van der Waals surface area (Å²) in [6, 6.07) is 0. The number of primary amides is 1. The van der Waals surface area contributed by atoms with Crippen LogP contribution < -0.4 is 5.73 Å². The third-order valence-electron chi connectivity index (χ3n) is 0.627. The number of amides is 1. The van der Waals surface area contributed by atoms with Gasteiger partial charge in [0.1, 0.15) is 0 Å². The minimum absolute atomic E-state index is 0.206. The fourth-order valence-electron chi connectivity index (χ4n) is 0.276. The molecule has 0 saturated heterocycles. The molecule has 3 heteroatoms. The van der Waals surface area contributed by atoms with Crippen molar-refractivity contribution in [1.82, 2.24) is 0 Å². The van der Waals surface area contributed by atoms with Gasteiger partial charge in [-0.2, -0.15) is 0 Å². The number of hydrogen-bond acceptors (Lipinski definition) is 1. The molecule has 0 bridgehead atoms. The van der Waals surface area contributed by atoms with Gasteiger partial charge in [0, 0.05) is 0 Å². The zero-order chi connectivity index (χ0) is 5.70. The number of carbonyl (C=O) groups is 1. The van der Waals surface area contributed by atoms with E-state index in [1.807, 2.05) is 0 Å². The molecular formula is C4H8AlNO+2. The Morgan fingerprint density at radius 2 is 2.29 bits per heavy atom. The van der Waals surface area contributed by atoms with Crippen LogP contribution in [0.2, 0.25) is 5.28 Å². The molecule has 2 nitrogen and oxygen atoms in total. The molecule has 0 aromatic heterocycles. The maximum atomic E-state index is 9.97. The first-order chi connectivity index (χ1) is 3.27. The molecule has 0 aliphatic heterocycles. The molecule has 0 atom stereocenters. The van der Waals surface area contributed by atoms with Crippen molar-refractivity contribution in [2.75, 3.05) is 0 Å². The van der Waals surface area contributed by atoms with Gasteiger partial charge < -0.3 is 0 Å². The van der Waals surface area contributed by atoms with Crippen LogP contribution in [-0.4, -0.2) is 22.2 Å². The summed E-state index contributed by atoms with van der Waals surface area (Å²) in [7, 11) is 0. The van der Waals surface area contributed by atoms with E-state index in [2.05, 4.69) is 16.3 Å². The maximum absolute atomic E-state index is 9.97. The number of nitrogens with two attached hydrogens (primary N) is 1. The Bertz CT molecular complexity index is 64.7. The van der Waals surface area contributed by atoms with Crippen molar-refractivity contribution in [3.8, 4) is 0 Å². The van der Waals surface area contributed by atoms with E-state index in [9.17, 15) is 4.79 Å². The van der Waals surface area contributed by atoms with Crippen molar-refractivity contribution in [3.63, 3.8) is 0 Å². The summed E-state index contributed by atoms with van der Waals surface area (Å²) in [4.78, 5) is 9.97. The Labute approximate surface area is 51.5 Å². The molecule has 7 heavy (non-hydrogen) atoms. The third-order valence-corrected chi connectivity index (χ3v) is 1.04. The van der Waals surface area contributed by atoms with Gasteiger partial charge in [0.2, 0.25) is 0 Å². The van der Waals surface area contributed by atoms with Gasteiger partial charge in [0.15, 0.2) is 0 Å². The molecule has 0 aromatic rings. The van der Waals surface area contributed by atoms with Gasteiger partial charge in [-0.05, 0) is 0 Å². The van der Waals surface area contributed by atoms with E-state index in [4.69, 9.17) is 5.73 Å². The Morgan fingerprint density at radius 3 is 2.43 bits per heavy atom. The zero-order valence-corrected chi connectivity index (χ0v) is 5.34. The summed E-state index contributed by atoms with van der Waals surface area (Å²) in [5.41, 5.74) is 4.83. The first-order valence-electron chi connectivity index (χ1n) is 2.25. The minimum atomic E-state index is -0.206. The van der Waals surface area contributed by atoms with E-state index in [0.29, 0.717) is 6.42 Å². The van der Waals surface area contributed by atoms with E-state index in [1.54, 1.807) is 0 Å². The summed E-state index contributed by atoms with van der Waals surface area (Å²) in [6.07, 6.45) is 1.41. The Balaban J connectivity index is 2.82. The van der Waals surface area contributed by atoms with E-state index >= 15 is 0 Å². The van der Waals surface area contributed by atoms with E-state index < -0.39 is 0 Å². The van der Waals surface area contributed by atoms with Crippen LogP contribution in [0.5, 0.6) is 0 Å². The average molecular weight is 113 g/mol. The number of rotatable bonds is 3. The van der Waals surface area contributed by atoms with Gasteiger partial charge in [0.25, 0.3) is 0 Å². The Kier molecular flexibility index (Phi) is 4.17. The van der Waals surface area contributed by atoms with Gasteiger partial charge >= 0.3 is 50.9 Å². The monoisotopic (exact) mass is 113 g/mol. The van der Waals surface area contributed by atoms with Crippen LogP contribution in [0.1, 0.15) is 12.8 Å². The van der Waals surface area contributed by atoms with Crippen LogP contribution in [0.25, 0.3) is 0 Å². The molecular weight excluding hydrogens is 105 g/mol. The quantitative estimate of drug-likeness (QED) is 0.507. The van der Waals surface area contributed by atoms with E-state index in [0.717, 1.165) is 11.7 Å². The molecule has 0 aromatic carbocycles. The van der Waals surface area contributed by atoms with E-state index in [-0.39, 0.29) is 5.91 Å². The van der Waals surface area contributed by atoms with Gasteiger partial charge in [0.05, 0.1) is 0 Å². The summed E-state index contributed by atoms with van der Waals surface area (Å²) >= 11 is 2.54. The molecule has 0 saturated carbocycles. The molecule has 0 aliphatic rings. The van der Waals surface area contributed by atoms with Crippen LogP contribution in [0.3, 0.4) is 0 Å². The SMILES string of the molecule is NC(=O)CC[CH2][Al+2]. The fourth-order valence-corrected chi connectivity index (χ4v) is 0.480. The molecule has 2 N–H and O–H groups in total.